The first kappa shape index (κ1) is 21.5. The number of aromatic nitrogens is 3. The monoisotopic (exact) mass is 474 g/mol. The first-order chi connectivity index (χ1) is 15.4. The molecule has 3 aromatic rings. The fourth-order valence-electron chi connectivity index (χ4n) is 4.69. The van der Waals surface area contributed by atoms with Crippen LogP contribution in [0.2, 0.25) is 10.0 Å². The number of aryl methyl sites for hydroxylation is 1. The molecule has 2 aromatic carbocycles. The Kier molecular flexibility index (Phi) is 5.75. The molecule has 1 aliphatic carbocycles. The summed E-state index contributed by atoms with van der Waals surface area (Å²) in [6.45, 7) is 3.90. The third-order valence-electron chi connectivity index (χ3n) is 6.35. The lowest BCUT2D eigenvalue weighted by Gasteiger charge is -2.30. The van der Waals surface area contributed by atoms with Crippen LogP contribution in [0.3, 0.4) is 0 Å². The molecule has 0 bridgehead atoms. The highest BCUT2D eigenvalue weighted by molar-refractivity contribution is 6.35. The molecule has 7 nitrogen and oxygen atoms in total. The SMILES string of the molecule is CCn1cnn(-c2ccc(O[C@H]3c4cc(Cl)cc(Cl)c4C[C@H]3N3CC[C@@H](O)C3)cc2)c1=O. The predicted octanol–water partition coefficient (Wildman–Crippen LogP) is 3.47. The number of aliphatic hydroxyl groups excluding tert-OH is 1. The second kappa shape index (κ2) is 8.56. The number of aliphatic hydroxyl groups is 1. The van der Waals surface area contributed by atoms with Crippen molar-refractivity contribution in [3.05, 3.63) is 74.4 Å². The van der Waals surface area contributed by atoms with E-state index < -0.39 is 0 Å². The standard InChI is InChI=1S/C23H24Cl2N4O3/c1-2-27-13-26-29(23(27)31)15-3-5-17(6-4-15)32-22-19-9-14(24)10-20(25)18(19)11-21(22)28-8-7-16(30)12-28/h3-6,9-10,13,16,21-22,30H,2,7-8,11-12H2,1H3/t16-,21-,22+/m1/s1. The van der Waals surface area contributed by atoms with E-state index >= 15 is 0 Å². The van der Waals surface area contributed by atoms with Crippen molar-refractivity contribution in [2.24, 2.45) is 0 Å². The zero-order valence-electron chi connectivity index (χ0n) is 17.6. The summed E-state index contributed by atoms with van der Waals surface area (Å²) >= 11 is 12.8. The minimum Gasteiger partial charge on any atom is -0.484 e. The van der Waals surface area contributed by atoms with Crippen LogP contribution in [0.5, 0.6) is 5.75 Å². The molecule has 2 aliphatic rings. The zero-order chi connectivity index (χ0) is 22.4. The van der Waals surface area contributed by atoms with Gasteiger partial charge in [-0.1, -0.05) is 23.2 Å². The maximum absolute atomic E-state index is 12.4. The van der Waals surface area contributed by atoms with E-state index in [1.807, 2.05) is 37.3 Å². The molecule has 0 spiro atoms. The van der Waals surface area contributed by atoms with Crippen molar-refractivity contribution < 1.29 is 9.84 Å². The fraction of sp³-hybridized carbons (Fsp3) is 0.391. The maximum atomic E-state index is 12.4. The summed E-state index contributed by atoms with van der Waals surface area (Å²) in [7, 11) is 0. The molecule has 32 heavy (non-hydrogen) atoms. The van der Waals surface area contributed by atoms with Crippen molar-refractivity contribution in [2.75, 3.05) is 13.1 Å². The third-order valence-corrected chi connectivity index (χ3v) is 6.90. The number of ether oxygens (including phenoxy) is 1. The summed E-state index contributed by atoms with van der Waals surface area (Å²) in [5.74, 6) is 0.676. The van der Waals surface area contributed by atoms with E-state index in [0.717, 1.165) is 30.5 Å². The molecule has 0 unspecified atom stereocenters. The lowest BCUT2D eigenvalue weighted by atomic mass is 10.1. The van der Waals surface area contributed by atoms with Crippen molar-refractivity contribution in [3.8, 4) is 11.4 Å². The lowest BCUT2D eigenvalue weighted by Crippen LogP contribution is -2.39. The van der Waals surface area contributed by atoms with Gasteiger partial charge >= 0.3 is 5.69 Å². The number of nitrogens with zero attached hydrogens (tertiary/aromatic N) is 4. The molecule has 9 heteroatoms. The summed E-state index contributed by atoms with van der Waals surface area (Å²) < 4.78 is 9.38. The number of β-amino-alcohol motifs (C(OH)–C–C–N with tert-alkyl or cyclic N) is 1. The normalized spacial score (nSPS) is 22.9. The van der Waals surface area contributed by atoms with Gasteiger partial charge in [0.2, 0.25) is 0 Å². The van der Waals surface area contributed by atoms with Gasteiger partial charge in [0.1, 0.15) is 18.2 Å². The Labute approximate surface area is 195 Å². The van der Waals surface area contributed by atoms with E-state index in [2.05, 4.69) is 10.00 Å². The van der Waals surface area contributed by atoms with Gasteiger partial charge in [-0.05, 0) is 61.7 Å². The van der Waals surface area contributed by atoms with Gasteiger partial charge in [-0.15, -0.1) is 0 Å². The number of benzene rings is 2. The van der Waals surface area contributed by atoms with E-state index in [4.69, 9.17) is 27.9 Å². The number of hydrogen-bond acceptors (Lipinski definition) is 5. The Morgan fingerprint density at radius 3 is 2.66 bits per heavy atom. The van der Waals surface area contributed by atoms with Gasteiger partial charge in [-0.3, -0.25) is 9.47 Å². The summed E-state index contributed by atoms with van der Waals surface area (Å²) in [5.41, 5.74) is 2.52. The van der Waals surface area contributed by atoms with E-state index in [9.17, 15) is 9.90 Å². The Hall–Kier alpha value is -2.32. The minimum atomic E-state index is -0.320. The average molecular weight is 475 g/mol. The van der Waals surface area contributed by atoms with E-state index in [0.29, 0.717) is 34.6 Å². The molecule has 168 valence electrons. The summed E-state index contributed by atoms with van der Waals surface area (Å²) in [6.07, 6.45) is 2.44. The van der Waals surface area contributed by atoms with Gasteiger partial charge in [-0.2, -0.15) is 9.78 Å². The highest BCUT2D eigenvalue weighted by Crippen LogP contribution is 2.43. The molecule has 1 aliphatic heterocycles. The molecule has 3 atom stereocenters. The van der Waals surface area contributed by atoms with Crippen LogP contribution < -0.4 is 10.4 Å². The first-order valence-electron chi connectivity index (χ1n) is 10.8. The van der Waals surface area contributed by atoms with Crippen LogP contribution in [0, 0.1) is 0 Å². The summed E-state index contributed by atoms with van der Waals surface area (Å²) in [4.78, 5) is 14.6. The molecule has 1 N–H and O–H groups in total. The smallest absolute Gasteiger partial charge is 0.350 e. The summed E-state index contributed by atoms with van der Waals surface area (Å²) in [6, 6.07) is 11.1. The van der Waals surface area contributed by atoms with Crippen molar-refractivity contribution >= 4 is 23.2 Å². The summed E-state index contributed by atoms with van der Waals surface area (Å²) in [5, 5.41) is 15.5. The maximum Gasteiger partial charge on any atom is 0.350 e. The van der Waals surface area contributed by atoms with Crippen molar-refractivity contribution in [1.29, 1.82) is 0 Å². The Morgan fingerprint density at radius 2 is 2.00 bits per heavy atom. The van der Waals surface area contributed by atoms with Crippen molar-refractivity contribution in [1.82, 2.24) is 19.2 Å². The number of rotatable bonds is 5. The Morgan fingerprint density at radius 1 is 1.22 bits per heavy atom. The van der Waals surface area contributed by atoms with Crippen LogP contribution in [-0.2, 0) is 13.0 Å². The van der Waals surface area contributed by atoms with Crippen LogP contribution in [0.25, 0.3) is 5.69 Å². The van der Waals surface area contributed by atoms with E-state index in [-0.39, 0.29) is 23.9 Å². The molecular formula is C23H24Cl2N4O3. The topological polar surface area (TPSA) is 72.5 Å². The molecule has 1 aromatic heterocycles. The molecular weight excluding hydrogens is 451 g/mol. The van der Waals surface area contributed by atoms with Gasteiger partial charge in [0, 0.05) is 35.2 Å². The second-order valence-electron chi connectivity index (χ2n) is 8.31. The van der Waals surface area contributed by atoms with Crippen LogP contribution in [0.1, 0.15) is 30.6 Å². The molecule has 0 radical (unpaired) electrons. The number of likely N-dealkylation sites (tertiary alicyclic amines) is 1. The highest BCUT2D eigenvalue weighted by atomic mass is 35.5. The third kappa shape index (κ3) is 3.83. The fourth-order valence-corrected chi connectivity index (χ4v) is 5.28. The lowest BCUT2D eigenvalue weighted by molar-refractivity contribution is 0.0818. The average Bonchev–Trinajstić information content (AvgIpc) is 3.46. The van der Waals surface area contributed by atoms with E-state index in [1.165, 1.54) is 11.0 Å². The van der Waals surface area contributed by atoms with Gasteiger partial charge in [0.05, 0.1) is 17.8 Å². The minimum absolute atomic E-state index is 0.0562. The van der Waals surface area contributed by atoms with Gasteiger partial charge in [-0.25, -0.2) is 4.79 Å². The van der Waals surface area contributed by atoms with Gasteiger partial charge < -0.3 is 9.84 Å². The predicted molar refractivity (Wildman–Crippen MR) is 123 cm³/mol. The highest BCUT2D eigenvalue weighted by Gasteiger charge is 2.41. The van der Waals surface area contributed by atoms with Crippen molar-refractivity contribution in [3.63, 3.8) is 0 Å². The zero-order valence-corrected chi connectivity index (χ0v) is 19.1. The quantitative estimate of drug-likeness (QED) is 0.612. The van der Waals surface area contributed by atoms with E-state index in [1.54, 1.807) is 10.6 Å². The number of halogens is 2. The number of fused-ring (bicyclic) bond motifs is 1. The van der Waals surface area contributed by atoms with Crippen molar-refractivity contribution in [2.45, 2.75) is 44.6 Å². The van der Waals surface area contributed by atoms with Crippen LogP contribution in [0.4, 0.5) is 0 Å². The molecule has 0 amide bonds. The molecule has 5 rings (SSSR count). The number of hydrogen-bond donors (Lipinski definition) is 1. The largest absolute Gasteiger partial charge is 0.484 e. The Balaban J connectivity index is 1.44. The molecule has 1 fully saturated rings. The van der Waals surface area contributed by atoms with Crippen LogP contribution >= 0.6 is 23.2 Å². The molecule has 2 heterocycles. The van der Waals surface area contributed by atoms with Gasteiger partial charge in [0.25, 0.3) is 0 Å². The Bertz CT molecular complexity index is 1190. The van der Waals surface area contributed by atoms with Crippen LogP contribution in [-0.4, -0.2) is 49.6 Å². The van der Waals surface area contributed by atoms with Crippen LogP contribution in [0.15, 0.2) is 47.5 Å². The van der Waals surface area contributed by atoms with Gasteiger partial charge in [0.15, 0.2) is 0 Å². The molecule has 0 saturated carbocycles. The molecule has 1 saturated heterocycles. The second-order valence-corrected chi connectivity index (χ2v) is 9.15. The first-order valence-corrected chi connectivity index (χ1v) is 11.5.